The Morgan fingerprint density at radius 2 is 1.68 bits per heavy atom. The van der Waals surface area contributed by atoms with Gasteiger partial charge in [-0.15, -0.1) is 0 Å². The predicted molar refractivity (Wildman–Crippen MR) is 98.8 cm³/mol. The lowest BCUT2D eigenvalue weighted by molar-refractivity contribution is 0.414. The van der Waals surface area contributed by atoms with Crippen molar-refractivity contribution in [1.29, 1.82) is 0 Å². The zero-order chi connectivity index (χ0) is 17.9. The average Bonchev–Trinajstić information content (AvgIpc) is 2.80. The summed E-state index contributed by atoms with van der Waals surface area (Å²) >= 11 is 0. The third-order valence-corrected chi connectivity index (χ3v) is 6.33. The lowest BCUT2D eigenvalue weighted by Crippen LogP contribution is -2.41. The fraction of sp³-hybridized carbons (Fsp3) is 0.500. The molecule has 0 unspecified atom stereocenters. The number of aryl methyl sites for hydroxylation is 1. The van der Waals surface area contributed by atoms with Crippen LogP contribution in [-0.4, -0.2) is 35.6 Å². The number of aromatic nitrogens is 2. The number of hydrogen-bond donors (Lipinski definition) is 1. The maximum absolute atomic E-state index is 12.6. The Hall–Kier alpha value is -1.70. The number of para-hydroxylation sites is 1. The minimum Gasteiger partial charge on any atom is -0.238 e. The second-order valence-electron chi connectivity index (χ2n) is 6.54. The first-order valence-electron chi connectivity index (χ1n) is 8.84. The van der Waals surface area contributed by atoms with Crippen LogP contribution in [0.5, 0.6) is 0 Å². The van der Waals surface area contributed by atoms with Crippen molar-refractivity contribution in [1.82, 2.24) is 18.8 Å². The van der Waals surface area contributed by atoms with Gasteiger partial charge >= 0.3 is 0 Å². The van der Waals surface area contributed by atoms with Gasteiger partial charge in [0.25, 0.3) is 10.2 Å². The highest BCUT2D eigenvalue weighted by molar-refractivity contribution is 7.87. The molecule has 1 N–H and O–H groups in total. The molecular formula is C18H26N4O2S. The fourth-order valence-corrected chi connectivity index (χ4v) is 4.54. The molecule has 1 aromatic heterocycles. The maximum Gasteiger partial charge on any atom is 0.279 e. The summed E-state index contributed by atoms with van der Waals surface area (Å²) in [5.74, 6) is 0. The van der Waals surface area contributed by atoms with Gasteiger partial charge in [0.1, 0.15) is 0 Å². The maximum atomic E-state index is 12.6. The van der Waals surface area contributed by atoms with E-state index in [1.807, 2.05) is 48.9 Å². The molecule has 3 rings (SSSR count). The Morgan fingerprint density at radius 1 is 1.04 bits per heavy atom. The van der Waals surface area contributed by atoms with Gasteiger partial charge in [0, 0.05) is 30.9 Å². The highest BCUT2D eigenvalue weighted by Gasteiger charge is 2.23. The molecule has 1 aliphatic heterocycles. The molecule has 0 amide bonds. The molecule has 0 aliphatic carbocycles. The van der Waals surface area contributed by atoms with Gasteiger partial charge in [-0.2, -0.15) is 22.5 Å². The van der Waals surface area contributed by atoms with E-state index in [1.54, 1.807) is 4.31 Å². The monoisotopic (exact) mass is 362 g/mol. The molecule has 25 heavy (non-hydrogen) atoms. The average molecular weight is 362 g/mol. The second-order valence-corrected chi connectivity index (χ2v) is 8.29. The molecule has 0 saturated carbocycles. The van der Waals surface area contributed by atoms with Crippen LogP contribution in [0.3, 0.4) is 0 Å². The number of rotatable bonds is 5. The lowest BCUT2D eigenvalue weighted by atomic mass is 10.2. The summed E-state index contributed by atoms with van der Waals surface area (Å²) in [7, 11) is -3.45. The Labute approximate surface area is 150 Å². The highest BCUT2D eigenvalue weighted by atomic mass is 32.2. The fourth-order valence-electron chi connectivity index (χ4n) is 3.29. The molecule has 0 bridgehead atoms. The Balaban J connectivity index is 1.76. The van der Waals surface area contributed by atoms with Crippen LogP contribution in [0.4, 0.5) is 0 Å². The van der Waals surface area contributed by atoms with E-state index in [4.69, 9.17) is 0 Å². The molecule has 1 fully saturated rings. The van der Waals surface area contributed by atoms with E-state index in [0.717, 1.165) is 48.3 Å². The van der Waals surface area contributed by atoms with Gasteiger partial charge in [-0.25, -0.2) is 4.68 Å². The van der Waals surface area contributed by atoms with Crippen molar-refractivity contribution < 1.29 is 8.42 Å². The van der Waals surface area contributed by atoms with Crippen molar-refractivity contribution in [3.05, 3.63) is 47.3 Å². The molecule has 0 radical (unpaired) electrons. The van der Waals surface area contributed by atoms with Gasteiger partial charge in [0.05, 0.1) is 11.4 Å². The Bertz CT molecular complexity index is 807. The van der Waals surface area contributed by atoms with E-state index in [9.17, 15) is 8.42 Å². The molecule has 2 aromatic rings. The Kier molecular flexibility index (Phi) is 5.56. The van der Waals surface area contributed by atoms with Crippen LogP contribution in [0, 0.1) is 13.8 Å². The summed E-state index contributed by atoms with van der Waals surface area (Å²) in [6.45, 7) is 5.38. The number of benzene rings is 1. The van der Waals surface area contributed by atoms with Crippen LogP contribution >= 0.6 is 0 Å². The van der Waals surface area contributed by atoms with Gasteiger partial charge in [0.15, 0.2) is 0 Å². The van der Waals surface area contributed by atoms with Crippen LogP contribution in [0.25, 0.3) is 5.69 Å². The molecule has 136 valence electrons. The number of hydrogen-bond acceptors (Lipinski definition) is 3. The van der Waals surface area contributed by atoms with Crippen LogP contribution in [0.15, 0.2) is 30.3 Å². The molecule has 1 aliphatic rings. The van der Waals surface area contributed by atoms with Gasteiger partial charge in [0.2, 0.25) is 0 Å². The largest absolute Gasteiger partial charge is 0.279 e. The number of nitrogens with one attached hydrogen (secondary N) is 1. The van der Waals surface area contributed by atoms with Crippen molar-refractivity contribution in [2.75, 3.05) is 13.1 Å². The standard InChI is InChI=1S/C18H26N4O2S/c1-15-18(16(2)22(20-15)17-10-6-5-7-11-17)14-19-25(23,24)21-12-8-3-4-9-13-21/h5-7,10-11,19H,3-4,8-9,12-14H2,1-2H3. The predicted octanol–water partition coefficient (Wildman–Crippen LogP) is 2.70. The van der Waals surface area contributed by atoms with E-state index >= 15 is 0 Å². The normalized spacial score (nSPS) is 16.7. The van der Waals surface area contributed by atoms with Gasteiger partial charge < -0.3 is 0 Å². The zero-order valence-electron chi connectivity index (χ0n) is 14.9. The van der Waals surface area contributed by atoms with Crippen molar-refractivity contribution in [3.8, 4) is 5.69 Å². The first-order valence-corrected chi connectivity index (χ1v) is 10.3. The molecule has 1 saturated heterocycles. The quantitative estimate of drug-likeness (QED) is 0.889. The van der Waals surface area contributed by atoms with Gasteiger partial charge in [-0.3, -0.25) is 0 Å². The van der Waals surface area contributed by atoms with Crippen LogP contribution in [0.2, 0.25) is 0 Å². The topological polar surface area (TPSA) is 67.2 Å². The van der Waals surface area contributed by atoms with Crippen molar-refractivity contribution in [2.45, 2.75) is 46.1 Å². The molecule has 7 heteroatoms. The summed E-state index contributed by atoms with van der Waals surface area (Å²) in [4.78, 5) is 0. The summed E-state index contributed by atoms with van der Waals surface area (Å²) in [5, 5.41) is 4.58. The smallest absolute Gasteiger partial charge is 0.238 e. The van der Waals surface area contributed by atoms with E-state index in [0.29, 0.717) is 13.1 Å². The van der Waals surface area contributed by atoms with Gasteiger partial charge in [-0.05, 0) is 38.8 Å². The molecule has 1 aromatic carbocycles. The first kappa shape index (κ1) is 18.1. The summed E-state index contributed by atoms with van der Waals surface area (Å²) in [5.41, 5.74) is 3.72. The van der Waals surface area contributed by atoms with E-state index < -0.39 is 10.2 Å². The first-order chi connectivity index (χ1) is 12.0. The number of nitrogens with zero attached hydrogens (tertiary/aromatic N) is 3. The SMILES string of the molecule is Cc1nn(-c2ccccc2)c(C)c1CNS(=O)(=O)N1CCCCCC1. The van der Waals surface area contributed by atoms with Crippen LogP contribution in [-0.2, 0) is 16.8 Å². The lowest BCUT2D eigenvalue weighted by Gasteiger charge is -2.20. The van der Waals surface area contributed by atoms with Crippen molar-refractivity contribution >= 4 is 10.2 Å². The highest BCUT2D eigenvalue weighted by Crippen LogP contribution is 2.19. The summed E-state index contributed by atoms with van der Waals surface area (Å²) in [6, 6.07) is 9.88. The van der Waals surface area contributed by atoms with Crippen LogP contribution < -0.4 is 4.72 Å². The minimum atomic E-state index is -3.45. The molecular weight excluding hydrogens is 336 g/mol. The third-order valence-electron chi connectivity index (χ3n) is 4.78. The molecule has 6 nitrogen and oxygen atoms in total. The molecule has 0 spiro atoms. The second kappa shape index (κ2) is 7.68. The minimum absolute atomic E-state index is 0.267. The Morgan fingerprint density at radius 3 is 2.32 bits per heavy atom. The molecule has 0 atom stereocenters. The van der Waals surface area contributed by atoms with Crippen LogP contribution in [0.1, 0.15) is 42.6 Å². The van der Waals surface area contributed by atoms with E-state index in [-0.39, 0.29) is 6.54 Å². The zero-order valence-corrected chi connectivity index (χ0v) is 15.7. The van der Waals surface area contributed by atoms with E-state index in [1.165, 1.54) is 0 Å². The third kappa shape index (κ3) is 4.11. The van der Waals surface area contributed by atoms with Crippen molar-refractivity contribution in [2.24, 2.45) is 0 Å². The summed E-state index contributed by atoms with van der Waals surface area (Å²) in [6.07, 6.45) is 4.08. The van der Waals surface area contributed by atoms with E-state index in [2.05, 4.69) is 9.82 Å². The van der Waals surface area contributed by atoms with Crippen molar-refractivity contribution in [3.63, 3.8) is 0 Å². The van der Waals surface area contributed by atoms with Gasteiger partial charge in [-0.1, -0.05) is 31.0 Å². The molecule has 2 heterocycles. The summed E-state index contributed by atoms with van der Waals surface area (Å²) < 4.78 is 31.4.